The molecule has 2 fully saturated rings. The van der Waals surface area contributed by atoms with Gasteiger partial charge >= 0.3 is 0 Å². The molecule has 7 heteroatoms. The van der Waals surface area contributed by atoms with Crippen molar-refractivity contribution in [1.29, 1.82) is 0 Å². The van der Waals surface area contributed by atoms with Crippen LogP contribution >= 0.6 is 11.6 Å². The second kappa shape index (κ2) is 9.04. The monoisotopic (exact) mass is 393 g/mol. The summed E-state index contributed by atoms with van der Waals surface area (Å²) in [5.41, 5.74) is 2.72. The zero-order valence-electron chi connectivity index (χ0n) is 16.1. The number of hydrogen-bond donors (Lipinski definition) is 1. The van der Waals surface area contributed by atoms with Crippen LogP contribution in [0.25, 0.3) is 0 Å². The van der Waals surface area contributed by atoms with Crippen LogP contribution in [-0.4, -0.2) is 67.6 Å². The van der Waals surface area contributed by atoms with Crippen molar-refractivity contribution < 1.29 is 14.3 Å². The molecule has 2 heterocycles. The van der Waals surface area contributed by atoms with Gasteiger partial charge in [-0.1, -0.05) is 17.7 Å². The number of carbonyl (C=O) groups excluding carboxylic acids is 2. The molecule has 27 heavy (non-hydrogen) atoms. The van der Waals surface area contributed by atoms with E-state index in [0.717, 1.165) is 37.1 Å². The molecule has 2 aliphatic heterocycles. The molecule has 0 aromatic heterocycles. The van der Waals surface area contributed by atoms with Crippen LogP contribution in [0, 0.1) is 19.8 Å². The number of halogens is 1. The molecule has 148 valence electrons. The van der Waals surface area contributed by atoms with Gasteiger partial charge in [-0.05, 0) is 57.0 Å². The third-order valence-electron chi connectivity index (χ3n) is 5.32. The average molecular weight is 394 g/mol. The van der Waals surface area contributed by atoms with Gasteiger partial charge in [0.25, 0.3) is 0 Å². The van der Waals surface area contributed by atoms with Crippen molar-refractivity contribution in [3.63, 3.8) is 0 Å². The highest BCUT2D eigenvalue weighted by Gasteiger charge is 2.30. The van der Waals surface area contributed by atoms with Crippen LogP contribution < -0.4 is 5.32 Å². The lowest BCUT2D eigenvalue weighted by Gasteiger charge is -2.35. The van der Waals surface area contributed by atoms with E-state index < -0.39 is 0 Å². The second-order valence-electron chi connectivity index (χ2n) is 7.47. The second-order valence-corrected chi connectivity index (χ2v) is 7.88. The van der Waals surface area contributed by atoms with Crippen molar-refractivity contribution in [3.05, 3.63) is 28.3 Å². The molecule has 1 aromatic rings. The van der Waals surface area contributed by atoms with E-state index in [0.29, 0.717) is 43.6 Å². The van der Waals surface area contributed by atoms with Gasteiger partial charge in [-0.2, -0.15) is 0 Å². The molecule has 0 atom stereocenters. The van der Waals surface area contributed by atoms with Gasteiger partial charge < -0.3 is 15.0 Å². The van der Waals surface area contributed by atoms with Gasteiger partial charge in [-0.25, -0.2) is 0 Å². The molecule has 1 N–H and O–H groups in total. The minimum atomic E-state index is -0.0678. The molecule has 6 nitrogen and oxygen atoms in total. The molecule has 3 rings (SSSR count). The van der Waals surface area contributed by atoms with E-state index in [1.165, 1.54) is 0 Å². The molecule has 2 aliphatic rings. The number of aryl methyl sites for hydroxylation is 2. The maximum absolute atomic E-state index is 12.6. The number of benzene rings is 1. The van der Waals surface area contributed by atoms with Gasteiger partial charge in [-0.15, -0.1) is 0 Å². The number of amides is 2. The van der Waals surface area contributed by atoms with Gasteiger partial charge in [0.1, 0.15) is 0 Å². The number of likely N-dealkylation sites (tertiary alicyclic amines) is 1. The highest BCUT2D eigenvalue weighted by molar-refractivity contribution is 6.34. The molecule has 0 spiro atoms. The first-order valence-corrected chi connectivity index (χ1v) is 9.97. The third-order valence-corrected chi connectivity index (χ3v) is 5.62. The predicted molar refractivity (Wildman–Crippen MR) is 106 cm³/mol. The van der Waals surface area contributed by atoms with Crippen molar-refractivity contribution >= 4 is 29.1 Å². The number of ether oxygens (including phenoxy) is 1. The molecule has 0 radical (unpaired) electrons. The number of anilines is 1. The molecule has 0 unspecified atom stereocenters. The standard InChI is InChI=1S/C20H28ClN3O3/c1-14-11-15(2)19(17(21)12-14)22-18(25)13-23-5-3-16(4-6-23)20(26)24-7-9-27-10-8-24/h11-12,16H,3-10,13H2,1-2H3,(H,22,25). The van der Waals surface area contributed by atoms with Gasteiger partial charge in [0.05, 0.1) is 30.5 Å². The first-order valence-electron chi connectivity index (χ1n) is 9.59. The van der Waals surface area contributed by atoms with Gasteiger partial charge in [0.15, 0.2) is 0 Å². The van der Waals surface area contributed by atoms with E-state index in [1.807, 2.05) is 30.9 Å². The summed E-state index contributed by atoms with van der Waals surface area (Å²) in [5, 5.41) is 3.50. The Morgan fingerprint density at radius 2 is 1.81 bits per heavy atom. The van der Waals surface area contributed by atoms with E-state index in [-0.39, 0.29) is 17.7 Å². The Kier molecular flexibility index (Phi) is 6.73. The van der Waals surface area contributed by atoms with Crippen LogP contribution in [0.3, 0.4) is 0 Å². The van der Waals surface area contributed by atoms with Crippen LogP contribution in [0.2, 0.25) is 5.02 Å². The van der Waals surface area contributed by atoms with E-state index >= 15 is 0 Å². The van der Waals surface area contributed by atoms with Crippen molar-refractivity contribution in [2.45, 2.75) is 26.7 Å². The van der Waals surface area contributed by atoms with E-state index in [9.17, 15) is 9.59 Å². The van der Waals surface area contributed by atoms with Crippen LogP contribution in [0.15, 0.2) is 12.1 Å². The Hall–Kier alpha value is -1.63. The lowest BCUT2D eigenvalue weighted by Crippen LogP contribution is -2.47. The Bertz CT molecular complexity index is 673. The average Bonchev–Trinajstić information content (AvgIpc) is 2.65. The van der Waals surface area contributed by atoms with E-state index in [1.54, 1.807) is 0 Å². The predicted octanol–water partition coefficient (Wildman–Crippen LogP) is 2.47. The Balaban J connectivity index is 1.47. The Morgan fingerprint density at radius 1 is 1.15 bits per heavy atom. The highest BCUT2D eigenvalue weighted by Crippen LogP contribution is 2.27. The van der Waals surface area contributed by atoms with Crippen LogP contribution in [0.1, 0.15) is 24.0 Å². The number of nitrogens with zero attached hydrogens (tertiary/aromatic N) is 2. The summed E-state index contributed by atoms with van der Waals surface area (Å²) >= 11 is 6.27. The number of hydrogen-bond acceptors (Lipinski definition) is 4. The minimum absolute atomic E-state index is 0.0659. The SMILES string of the molecule is Cc1cc(C)c(NC(=O)CN2CCC(C(=O)N3CCOCC3)CC2)c(Cl)c1. The summed E-state index contributed by atoms with van der Waals surface area (Å²) in [7, 11) is 0. The van der Waals surface area contributed by atoms with E-state index in [2.05, 4.69) is 10.2 Å². The fourth-order valence-corrected chi connectivity index (χ4v) is 4.20. The first-order chi connectivity index (χ1) is 12.9. The maximum atomic E-state index is 12.6. The molecular formula is C20H28ClN3O3. The molecule has 1 aromatic carbocycles. The number of morpholine rings is 1. The van der Waals surface area contributed by atoms with Crippen LogP contribution in [0.5, 0.6) is 0 Å². The largest absolute Gasteiger partial charge is 0.378 e. The number of carbonyl (C=O) groups is 2. The number of piperidine rings is 1. The van der Waals surface area contributed by atoms with E-state index in [4.69, 9.17) is 16.3 Å². The third kappa shape index (κ3) is 5.21. The van der Waals surface area contributed by atoms with Crippen molar-refractivity contribution in [2.75, 3.05) is 51.3 Å². The highest BCUT2D eigenvalue weighted by atomic mass is 35.5. The Labute approximate surface area is 165 Å². The zero-order chi connectivity index (χ0) is 19.4. The topological polar surface area (TPSA) is 61.9 Å². The quantitative estimate of drug-likeness (QED) is 0.853. The Morgan fingerprint density at radius 3 is 2.44 bits per heavy atom. The smallest absolute Gasteiger partial charge is 0.238 e. The summed E-state index contributed by atoms with van der Waals surface area (Å²) in [5.74, 6) is 0.238. The summed E-state index contributed by atoms with van der Waals surface area (Å²) in [6.07, 6.45) is 1.60. The van der Waals surface area contributed by atoms with Crippen LogP contribution in [0.4, 0.5) is 5.69 Å². The van der Waals surface area contributed by atoms with Crippen LogP contribution in [-0.2, 0) is 14.3 Å². The normalized spacial score (nSPS) is 19.1. The fraction of sp³-hybridized carbons (Fsp3) is 0.600. The maximum Gasteiger partial charge on any atom is 0.238 e. The summed E-state index contributed by atoms with van der Waals surface area (Å²) in [6, 6.07) is 3.86. The lowest BCUT2D eigenvalue weighted by molar-refractivity contribution is -0.141. The molecular weight excluding hydrogens is 366 g/mol. The van der Waals surface area contributed by atoms with Gasteiger partial charge in [0.2, 0.25) is 11.8 Å². The minimum Gasteiger partial charge on any atom is -0.378 e. The fourth-order valence-electron chi connectivity index (χ4n) is 3.84. The van der Waals surface area contributed by atoms with Gasteiger partial charge in [0, 0.05) is 19.0 Å². The summed E-state index contributed by atoms with van der Waals surface area (Å²) in [4.78, 5) is 29.0. The molecule has 2 amide bonds. The molecule has 0 bridgehead atoms. The number of rotatable bonds is 4. The first kappa shape index (κ1) is 20.1. The van der Waals surface area contributed by atoms with Gasteiger partial charge in [-0.3, -0.25) is 14.5 Å². The van der Waals surface area contributed by atoms with Crippen molar-refractivity contribution in [2.24, 2.45) is 5.92 Å². The molecule has 0 aliphatic carbocycles. The molecule has 0 saturated carbocycles. The van der Waals surface area contributed by atoms with Crippen molar-refractivity contribution in [3.8, 4) is 0 Å². The van der Waals surface area contributed by atoms with Crippen molar-refractivity contribution in [1.82, 2.24) is 9.80 Å². The summed E-state index contributed by atoms with van der Waals surface area (Å²) in [6.45, 7) is 8.41. The summed E-state index contributed by atoms with van der Waals surface area (Å²) < 4.78 is 5.31. The zero-order valence-corrected chi connectivity index (χ0v) is 16.8. The molecule has 2 saturated heterocycles. The lowest BCUT2D eigenvalue weighted by atomic mass is 9.95. The number of nitrogens with one attached hydrogen (secondary N) is 1.